The summed E-state index contributed by atoms with van der Waals surface area (Å²) in [6, 6.07) is 9.46. The smallest absolute Gasteiger partial charge is 0.245 e. The van der Waals surface area contributed by atoms with Crippen molar-refractivity contribution in [3.05, 3.63) is 35.9 Å². The SMILES string of the molecule is CC(C)[C@@H]1NC(=O)CCN(Cc2ccccc2)C1=O. The number of carbonyl (C=O) groups is 2. The van der Waals surface area contributed by atoms with E-state index >= 15 is 0 Å². The number of nitrogens with one attached hydrogen (secondary N) is 1. The number of amides is 2. The van der Waals surface area contributed by atoms with Crippen LogP contribution in [0.15, 0.2) is 30.3 Å². The van der Waals surface area contributed by atoms with Gasteiger partial charge in [0.2, 0.25) is 11.8 Å². The standard InChI is InChI=1S/C15H20N2O2/c1-11(2)14-15(19)17(9-8-13(18)16-14)10-12-6-4-3-5-7-12/h3-7,11,14H,8-10H2,1-2H3,(H,16,18)/t14-/m0/s1. The minimum absolute atomic E-state index is 0.0182. The Balaban J connectivity index is 2.14. The Morgan fingerprint density at radius 1 is 1.26 bits per heavy atom. The molecule has 102 valence electrons. The molecule has 2 amide bonds. The van der Waals surface area contributed by atoms with Crippen LogP contribution >= 0.6 is 0 Å². The van der Waals surface area contributed by atoms with Gasteiger partial charge >= 0.3 is 0 Å². The van der Waals surface area contributed by atoms with Gasteiger partial charge in [0.15, 0.2) is 0 Å². The lowest BCUT2D eigenvalue weighted by molar-refractivity contribution is -0.135. The minimum atomic E-state index is -0.404. The minimum Gasteiger partial charge on any atom is -0.344 e. The highest BCUT2D eigenvalue weighted by Crippen LogP contribution is 2.14. The molecule has 1 N–H and O–H groups in total. The number of carbonyl (C=O) groups excluding carboxylic acids is 2. The van der Waals surface area contributed by atoms with Crippen molar-refractivity contribution < 1.29 is 9.59 Å². The summed E-state index contributed by atoms with van der Waals surface area (Å²) < 4.78 is 0. The van der Waals surface area contributed by atoms with Crippen LogP contribution < -0.4 is 5.32 Å². The van der Waals surface area contributed by atoms with Crippen molar-refractivity contribution in [2.75, 3.05) is 6.54 Å². The first kappa shape index (κ1) is 13.6. The van der Waals surface area contributed by atoms with Gasteiger partial charge in [-0.1, -0.05) is 44.2 Å². The highest BCUT2D eigenvalue weighted by atomic mass is 16.2. The zero-order valence-corrected chi connectivity index (χ0v) is 11.4. The van der Waals surface area contributed by atoms with Crippen molar-refractivity contribution in [1.29, 1.82) is 0 Å². The van der Waals surface area contributed by atoms with E-state index in [1.54, 1.807) is 4.90 Å². The first-order valence-corrected chi connectivity index (χ1v) is 6.70. The van der Waals surface area contributed by atoms with E-state index in [2.05, 4.69) is 5.32 Å². The van der Waals surface area contributed by atoms with E-state index in [-0.39, 0.29) is 17.7 Å². The molecule has 1 aromatic carbocycles. The molecule has 1 atom stereocenters. The molecule has 4 nitrogen and oxygen atoms in total. The molecule has 0 saturated carbocycles. The van der Waals surface area contributed by atoms with Crippen LogP contribution in [-0.4, -0.2) is 29.3 Å². The summed E-state index contributed by atoms with van der Waals surface area (Å²) in [7, 11) is 0. The Morgan fingerprint density at radius 2 is 1.95 bits per heavy atom. The molecule has 2 rings (SSSR count). The Bertz CT molecular complexity index is 456. The van der Waals surface area contributed by atoms with Crippen molar-refractivity contribution in [1.82, 2.24) is 10.2 Å². The van der Waals surface area contributed by atoms with Gasteiger partial charge < -0.3 is 10.2 Å². The van der Waals surface area contributed by atoms with Crippen LogP contribution in [-0.2, 0) is 16.1 Å². The summed E-state index contributed by atoms with van der Waals surface area (Å²) in [4.78, 5) is 25.9. The molecule has 1 fully saturated rings. The lowest BCUT2D eigenvalue weighted by Gasteiger charge is -2.26. The number of rotatable bonds is 3. The fraction of sp³-hybridized carbons (Fsp3) is 0.467. The average molecular weight is 260 g/mol. The normalized spacial score (nSPS) is 20.4. The van der Waals surface area contributed by atoms with E-state index < -0.39 is 6.04 Å². The summed E-state index contributed by atoms with van der Waals surface area (Å²) in [5.41, 5.74) is 1.09. The summed E-state index contributed by atoms with van der Waals surface area (Å²) >= 11 is 0. The maximum absolute atomic E-state index is 12.4. The second-order valence-corrected chi connectivity index (χ2v) is 5.28. The fourth-order valence-corrected chi connectivity index (χ4v) is 2.26. The predicted molar refractivity (Wildman–Crippen MR) is 73.2 cm³/mol. The van der Waals surface area contributed by atoms with E-state index in [4.69, 9.17) is 0 Å². The van der Waals surface area contributed by atoms with Gasteiger partial charge in [0, 0.05) is 19.5 Å². The molecule has 1 heterocycles. The Labute approximate surface area is 113 Å². The Morgan fingerprint density at radius 3 is 2.58 bits per heavy atom. The number of benzene rings is 1. The van der Waals surface area contributed by atoms with Crippen LogP contribution in [0.1, 0.15) is 25.8 Å². The average Bonchev–Trinajstić information content (AvgIpc) is 2.53. The Hall–Kier alpha value is -1.84. The predicted octanol–water partition coefficient (Wildman–Crippen LogP) is 1.56. The molecular formula is C15H20N2O2. The van der Waals surface area contributed by atoms with Crippen LogP contribution in [0.2, 0.25) is 0 Å². The summed E-state index contributed by atoms with van der Waals surface area (Å²) in [6.45, 7) is 4.96. The van der Waals surface area contributed by atoms with Crippen molar-refractivity contribution in [3.63, 3.8) is 0 Å². The van der Waals surface area contributed by atoms with E-state index in [0.717, 1.165) is 5.56 Å². The molecule has 0 bridgehead atoms. The third-order valence-electron chi connectivity index (χ3n) is 3.39. The second kappa shape index (κ2) is 5.87. The van der Waals surface area contributed by atoms with Crippen LogP contribution in [0, 0.1) is 5.92 Å². The first-order chi connectivity index (χ1) is 9.08. The van der Waals surface area contributed by atoms with E-state index in [9.17, 15) is 9.59 Å². The molecule has 19 heavy (non-hydrogen) atoms. The van der Waals surface area contributed by atoms with Gasteiger partial charge in [0.1, 0.15) is 6.04 Å². The maximum Gasteiger partial charge on any atom is 0.245 e. The molecule has 1 aliphatic heterocycles. The molecule has 1 aromatic rings. The summed E-state index contributed by atoms with van der Waals surface area (Å²) in [5.74, 6) is 0.0835. The second-order valence-electron chi connectivity index (χ2n) is 5.28. The van der Waals surface area contributed by atoms with Gasteiger partial charge in [-0.15, -0.1) is 0 Å². The first-order valence-electron chi connectivity index (χ1n) is 6.70. The molecule has 0 spiro atoms. The fourth-order valence-electron chi connectivity index (χ4n) is 2.26. The number of nitrogens with zero attached hydrogens (tertiary/aromatic N) is 1. The monoisotopic (exact) mass is 260 g/mol. The quantitative estimate of drug-likeness (QED) is 0.896. The molecule has 0 unspecified atom stereocenters. The molecule has 4 heteroatoms. The Kier molecular flexibility index (Phi) is 4.20. The molecule has 1 aliphatic rings. The van der Waals surface area contributed by atoms with Gasteiger partial charge in [-0.05, 0) is 11.5 Å². The zero-order valence-electron chi connectivity index (χ0n) is 11.4. The maximum atomic E-state index is 12.4. The van der Waals surface area contributed by atoms with E-state index in [0.29, 0.717) is 19.5 Å². The number of hydrogen-bond acceptors (Lipinski definition) is 2. The highest BCUT2D eigenvalue weighted by molar-refractivity contribution is 5.90. The van der Waals surface area contributed by atoms with Gasteiger partial charge in [-0.3, -0.25) is 9.59 Å². The van der Waals surface area contributed by atoms with Crippen LogP contribution in [0.4, 0.5) is 0 Å². The lowest BCUT2D eigenvalue weighted by atomic mass is 10.0. The lowest BCUT2D eigenvalue weighted by Crippen LogP contribution is -2.47. The zero-order chi connectivity index (χ0) is 13.8. The molecular weight excluding hydrogens is 240 g/mol. The summed E-state index contributed by atoms with van der Waals surface area (Å²) in [5, 5.41) is 2.81. The van der Waals surface area contributed by atoms with Gasteiger partial charge in [-0.25, -0.2) is 0 Å². The largest absolute Gasteiger partial charge is 0.344 e. The molecule has 0 aromatic heterocycles. The van der Waals surface area contributed by atoms with Crippen molar-refractivity contribution in [3.8, 4) is 0 Å². The van der Waals surface area contributed by atoms with Crippen LogP contribution in [0.5, 0.6) is 0 Å². The van der Waals surface area contributed by atoms with Crippen molar-refractivity contribution in [2.24, 2.45) is 5.92 Å². The van der Waals surface area contributed by atoms with Gasteiger partial charge in [-0.2, -0.15) is 0 Å². The molecule has 0 radical (unpaired) electrons. The summed E-state index contributed by atoms with van der Waals surface area (Å²) in [6.07, 6.45) is 0.377. The van der Waals surface area contributed by atoms with Gasteiger partial charge in [0.05, 0.1) is 0 Å². The number of hydrogen-bond donors (Lipinski definition) is 1. The van der Waals surface area contributed by atoms with Crippen molar-refractivity contribution >= 4 is 11.8 Å². The molecule has 1 saturated heterocycles. The van der Waals surface area contributed by atoms with Crippen molar-refractivity contribution in [2.45, 2.75) is 32.9 Å². The van der Waals surface area contributed by atoms with Crippen LogP contribution in [0.25, 0.3) is 0 Å². The third-order valence-corrected chi connectivity index (χ3v) is 3.39. The third kappa shape index (κ3) is 3.34. The van der Waals surface area contributed by atoms with Gasteiger partial charge in [0.25, 0.3) is 0 Å². The topological polar surface area (TPSA) is 49.4 Å². The van der Waals surface area contributed by atoms with E-state index in [1.807, 2.05) is 44.2 Å². The molecule has 0 aliphatic carbocycles. The van der Waals surface area contributed by atoms with E-state index in [1.165, 1.54) is 0 Å². The highest BCUT2D eigenvalue weighted by Gasteiger charge is 2.31. The van der Waals surface area contributed by atoms with Crippen LogP contribution in [0.3, 0.4) is 0 Å².